The van der Waals surface area contributed by atoms with E-state index in [2.05, 4.69) is 5.10 Å². The summed E-state index contributed by atoms with van der Waals surface area (Å²) in [6.07, 6.45) is 2.17. The minimum atomic E-state index is -0.251. The lowest BCUT2D eigenvalue weighted by Gasteiger charge is -2.23. The molecule has 0 saturated heterocycles. The molecule has 2 aromatic carbocycles. The molecule has 26 heavy (non-hydrogen) atoms. The SMILES string of the molecule is COc1ccccc1[C@@H]1CC(c2ccco2)=NN1C(=O)c1ccccc1. The Balaban J connectivity index is 1.76. The van der Waals surface area contributed by atoms with Gasteiger partial charge in [0.05, 0.1) is 19.4 Å². The molecule has 1 atom stereocenters. The smallest absolute Gasteiger partial charge is 0.274 e. The highest BCUT2D eigenvalue weighted by Gasteiger charge is 2.35. The molecule has 0 spiro atoms. The van der Waals surface area contributed by atoms with Crippen LogP contribution in [-0.4, -0.2) is 23.7 Å². The van der Waals surface area contributed by atoms with Crippen LogP contribution >= 0.6 is 0 Å². The number of rotatable bonds is 4. The normalized spacial score (nSPS) is 16.4. The Labute approximate surface area is 151 Å². The molecule has 0 radical (unpaired) electrons. The van der Waals surface area contributed by atoms with Gasteiger partial charge >= 0.3 is 0 Å². The van der Waals surface area contributed by atoms with E-state index in [0.717, 1.165) is 17.0 Å². The molecule has 0 fully saturated rings. The van der Waals surface area contributed by atoms with Crippen molar-refractivity contribution < 1.29 is 13.9 Å². The van der Waals surface area contributed by atoms with E-state index in [0.29, 0.717) is 17.7 Å². The van der Waals surface area contributed by atoms with Gasteiger partial charge in [-0.25, -0.2) is 5.01 Å². The number of furan rings is 1. The average molecular weight is 346 g/mol. The van der Waals surface area contributed by atoms with Crippen molar-refractivity contribution in [3.8, 4) is 5.75 Å². The third kappa shape index (κ3) is 2.88. The highest BCUT2D eigenvalue weighted by Crippen LogP contribution is 2.38. The summed E-state index contributed by atoms with van der Waals surface area (Å²) < 4.78 is 11.0. The van der Waals surface area contributed by atoms with Gasteiger partial charge in [-0.1, -0.05) is 36.4 Å². The summed E-state index contributed by atoms with van der Waals surface area (Å²) in [5, 5.41) is 6.12. The molecule has 0 bridgehead atoms. The molecule has 5 nitrogen and oxygen atoms in total. The van der Waals surface area contributed by atoms with Crippen LogP contribution in [0, 0.1) is 0 Å². The summed E-state index contributed by atoms with van der Waals surface area (Å²) >= 11 is 0. The molecule has 1 aromatic heterocycles. The lowest BCUT2D eigenvalue weighted by Crippen LogP contribution is -2.27. The van der Waals surface area contributed by atoms with Crippen LogP contribution in [0.3, 0.4) is 0 Å². The molecule has 2 heterocycles. The summed E-state index contributed by atoms with van der Waals surface area (Å²) in [6, 6.07) is 20.3. The molecular formula is C21H18N2O3. The molecular weight excluding hydrogens is 328 g/mol. The van der Waals surface area contributed by atoms with E-state index in [4.69, 9.17) is 9.15 Å². The fourth-order valence-electron chi connectivity index (χ4n) is 3.19. The molecule has 4 rings (SSSR count). The van der Waals surface area contributed by atoms with Crippen LogP contribution in [0.25, 0.3) is 0 Å². The van der Waals surface area contributed by atoms with Crippen molar-refractivity contribution in [3.63, 3.8) is 0 Å². The van der Waals surface area contributed by atoms with Gasteiger partial charge in [-0.2, -0.15) is 5.10 Å². The van der Waals surface area contributed by atoms with Crippen LogP contribution < -0.4 is 4.74 Å². The number of carbonyl (C=O) groups is 1. The Bertz CT molecular complexity index is 933. The number of nitrogens with zero attached hydrogens (tertiary/aromatic N) is 2. The van der Waals surface area contributed by atoms with Crippen molar-refractivity contribution >= 4 is 11.6 Å². The number of para-hydroxylation sites is 1. The summed E-state index contributed by atoms with van der Waals surface area (Å²) in [5.74, 6) is 1.26. The Morgan fingerprint density at radius 1 is 1.08 bits per heavy atom. The van der Waals surface area contributed by atoms with E-state index < -0.39 is 0 Å². The summed E-state index contributed by atoms with van der Waals surface area (Å²) in [4.78, 5) is 13.1. The van der Waals surface area contributed by atoms with Gasteiger partial charge in [0.2, 0.25) is 0 Å². The highest BCUT2D eigenvalue weighted by atomic mass is 16.5. The number of methoxy groups -OCH3 is 1. The zero-order valence-electron chi connectivity index (χ0n) is 14.3. The van der Waals surface area contributed by atoms with Crippen molar-refractivity contribution in [1.29, 1.82) is 0 Å². The molecule has 5 heteroatoms. The first kappa shape index (κ1) is 16.1. The van der Waals surface area contributed by atoms with Crippen molar-refractivity contribution in [2.45, 2.75) is 12.5 Å². The fourth-order valence-corrected chi connectivity index (χ4v) is 3.19. The third-order valence-corrected chi connectivity index (χ3v) is 4.44. The van der Waals surface area contributed by atoms with Crippen LogP contribution in [0.2, 0.25) is 0 Å². The van der Waals surface area contributed by atoms with Gasteiger partial charge in [0.15, 0.2) is 0 Å². The topological polar surface area (TPSA) is 55.0 Å². The Kier molecular flexibility index (Phi) is 4.27. The van der Waals surface area contributed by atoms with Gasteiger partial charge in [0.25, 0.3) is 5.91 Å². The Morgan fingerprint density at radius 3 is 2.58 bits per heavy atom. The molecule has 1 aliphatic rings. The molecule has 1 aliphatic heterocycles. The van der Waals surface area contributed by atoms with Gasteiger partial charge in [0, 0.05) is 17.5 Å². The first-order chi connectivity index (χ1) is 12.8. The lowest BCUT2D eigenvalue weighted by atomic mass is 9.99. The van der Waals surface area contributed by atoms with Crippen LogP contribution in [-0.2, 0) is 0 Å². The van der Waals surface area contributed by atoms with Crippen LogP contribution in [0.4, 0.5) is 0 Å². The number of hydrazone groups is 1. The van der Waals surface area contributed by atoms with Crippen molar-refractivity contribution in [2.75, 3.05) is 7.11 Å². The van der Waals surface area contributed by atoms with E-state index in [-0.39, 0.29) is 11.9 Å². The number of hydrogen-bond donors (Lipinski definition) is 0. The van der Waals surface area contributed by atoms with Gasteiger partial charge < -0.3 is 9.15 Å². The molecule has 0 saturated carbocycles. The second-order valence-electron chi connectivity index (χ2n) is 6.00. The van der Waals surface area contributed by atoms with Gasteiger partial charge in [0.1, 0.15) is 17.2 Å². The largest absolute Gasteiger partial charge is 0.496 e. The number of amides is 1. The first-order valence-corrected chi connectivity index (χ1v) is 8.41. The second-order valence-corrected chi connectivity index (χ2v) is 6.00. The van der Waals surface area contributed by atoms with Crippen LogP contribution in [0.5, 0.6) is 5.75 Å². The van der Waals surface area contributed by atoms with Crippen molar-refractivity contribution in [2.24, 2.45) is 5.10 Å². The predicted molar refractivity (Wildman–Crippen MR) is 98.2 cm³/mol. The zero-order chi connectivity index (χ0) is 17.9. The van der Waals surface area contributed by atoms with Crippen LogP contribution in [0.1, 0.15) is 34.1 Å². The van der Waals surface area contributed by atoms with E-state index >= 15 is 0 Å². The fraction of sp³-hybridized carbons (Fsp3) is 0.143. The first-order valence-electron chi connectivity index (χ1n) is 8.41. The number of benzene rings is 2. The summed E-state index contributed by atoms with van der Waals surface area (Å²) in [6.45, 7) is 0. The maximum atomic E-state index is 13.1. The predicted octanol–water partition coefficient (Wildman–Crippen LogP) is 4.28. The molecule has 130 valence electrons. The van der Waals surface area contributed by atoms with E-state index in [9.17, 15) is 4.79 Å². The molecule has 0 N–H and O–H groups in total. The Morgan fingerprint density at radius 2 is 1.85 bits per heavy atom. The lowest BCUT2D eigenvalue weighted by molar-refractivity contribution is 0.0709. The monoisotopic (exact) mass is 346 g/mol. The van der Waals surface area contributed by atoms with Crippen LogP contribution in [0.15, 0.2) is 82.5 Å². The molecule has 3 aromatic rings. The quantitative estimate of drug-likeness (QED) is 0.708. The maximum absolute atomic E-state index is 13.1. The summed E-state index contributed by atoms with van der Waals surface area (Å²) in [5.41, 5.74) is 2.26. The Hall–Kier alpha value is -3.34. The maximum Gasteiger partial charge on any atom is 0.274 e. The zero-order valence-corrected chi connectivity index (χ0v) is 14.3. The van der Waals surface area contributed by atoms with Gasteiger partial charge in [-0.05, 0) is 30.3 Å². The van der Waals surface area contributed by atoms with E-state index in [1.165, 1.54) is 5.01 Å². The van der Waals surface area contributed by atoms with Crippen molar-refractivity contribution in [1.82, 2.24) is 5.01 Å². The van der Waals surface area contributed by atoms with Gasteiger partial charge in [-0.15, -0.1) is 0 Å². The molecule has 0 unspecified atom stereocenters. The minimum Gasteiger partial charge on any atom is -0.496 e. The van der Waals surface area contributed by atoms with E-state index in [1.807, 2.05) is 54.6 Å². The molecule has 0 aliphatic carbocycles. The van der Waals surface area contributed by atoms with E-state index in [1.54, 1.807) is 25.5 Å². The number of ether oxygens (including phenoxy) is 1. The number of hydrogen-bond acceptors (Lipinski definition) is 4. The standard InChI is InChI=1S/C21H18N2O3/c1-25-19-11-6-5-10-16(19)18-14-17(20-12-7-13-26-20)22-23(18)21(24)15-8-3-2-4-9-15/h2-13,18H,14H2,1H3/t18-/m0/s1. The average Bonchev–Trinajstić information content (AvgIpc) is 3.37. The number of carbonyl (C=O) groups excluding carboxylic acids is 1. The highest BCUT2D eigenvalue weighted by molar-refractivity contribution is 6.03. The summed E-state index contributed by atoms with van der Waals surface area (Å²) in [7, 11) is 1.63. The second kappa shape index (κ2) is 6.88. The molecule has 1 amide bonds. The third-order valence-electron chi connectivity index (χ3n) is 4.44. The van der Waals surface area contributed by atoms with Crippen molar-refractivity contribution in [3.05, 3.63) is 89.9 Å². The minimum absolute atomic E-state index is 0.150. The van der Waals surface area contributed by atoms with Gasteiger partial charge in [-0.3, -0.25) is 4.79 Å².